The van der Waals surface area contributed by atoms with Gasteiger partial charge in [-0.25, -0.2) is 0 Å². The Balaban J connectivity index is 4.38. The summed E-state index contributed by atoms with van der Waals surface area (Å²) in [5, 5.41) is 0. The van der Waals surface area contributed by atoms with Gasteiger partial charge >= 0.3 is 21.6 Å². The average Bonchev–Trinajstić information content (AvgIpc) is 2.09. The maximum absolute atomic E-state index is 11.8. The van der Waals surface area contributed by atoms with Crippen molar-refractivity contribution in [1.82, 2.24) is 0 Å². The fourth-order valence-corrected chi connectivity index (χ4v) is 1.19. The SMILES string of the molecule is CC(=O)OC(CCl)COS(=O)(=O)C(F)(F)F. The summed E-state index contributed by atoms with van der Waals surface area (Å²) in [5.41, 5.74) is -5.51. The van der Waals surface area contributed by atoms with Gasteiger partial charge in [0.05, 0.1) is 5.88 Å². The molecule has 0 heterocycles. The monoisotopic (exact) mass is 284 g/mol. The number of hydrogen-bond donors (Lipinski definition) is 0. The van der Waals surface area contributed by atoms with Crippen molar-refractivity contribution in [2.24, 2.45) is 0 Å². The first-order valence-electron chi connectivity index (χ1n) is 3.79. The van der Waals surface area contributed by atoms with Gasteiger partial charge in [0.1, 0.15) is 12.7 Å². The minimum Gasteiger partial charge on any atom is -0.459 e. The van der Waals surface area contributed by atoms with E-state index in [0.717, 1.165) is 6.92 Å². The number of carbonyl (C=O) groups is 1. The number of alkyl halides is 4. The predicted molar refractivity (Wildman–Crippen MR) is 47.2 cm³/mol. The van der Waals surface area contributed by atoms with Gasteiger partial charge in [0.15, 0.2) is 0 Å². The van der Waals surface area contributed by atoms with Gasteiger partial charge < -0.3 is 4.74 Å². The third-order valence-corrected chi connectivity index (χ3v) is 2.55. The molecule has 0 aromatic carbocycles. The molecule has 0 amide bonds. The number of rotatable bonds is 5. The number of carbonyl (C=O) groups excluding carboxylic acids is 1. The van der Waals surface area contributed by atoms with Gasteiger partial charge in [-0.05, 0) is 0 Å². The molecule has 1 atom stereocenters. The molecule has 0 bridgehead atoms. The van der Waals surface area contributed by atoms with Crippen LogP contribution < -0.4 is 0 Å². The van der Waals surface area contributed by atoms with Crippen LogP contribution in [0.4, 0.5) is 13.2 Å². The Morgan fingerprint density at radius 1 is 1.44 bits per heavy atom. The molecule has 0 aliphatic carbocycles. The normalized spacial score (nSPS) is 14.6. The lowest BCUT2D eigenvalue weighted by atomic mass is 10.4. The standard InChI is InChI=1S/C6H8ClF3O5S/c1-4(11)15-5(2-7)3-14-16(12,13)6(8,9)10/h5H,2-3H2,1H3. The third-order valence-electron chi connectivity index (χ3n) is 1.20. The molecule has 0 aliphatic rings. The molecule has 10 heteroatoms. The first-order chi connectivity index (χ1) is 7.10. The Morgan fingerprint density at radius 2 is 1.94 bits per heavy atom. The van der Waals surface area contributed by atoms with Crippen molar-refractivity contribution in [3.8, 4) is 0 Å². The highest BCUT2D eigenvalue weighted by molar-refractivity contribution is 7.87. The van der Waals surface area contributed by atoms with E-state index in [1.807, 2.05) is 0 Å². The molecule has 0 spiro atoms. The highest BCUT2D eigenvalue weighted by atomic mass is 35.5. The fourth-order valence-electron chi connectivity index (χ4n) is 0.577. The molecule has 0 fully saturated rings. The minimum atomic E-state index is -5.69. The lowest BCUT2D eigenvalue weighted by molar-refractivity contribution is -0.146. The van der Waals surface area contributed by atoms with Crippen molar-refractivity contribution < 1.29 is 35.3 Å². The molecule has 0 aliphatic heterocycles. The molecule has 0 rings (SSSR count). The van der Waals surface area contributed by atoms with Gasteiger partial charge in [0, 0.05) is 6.92 Å². The molecule has 0 radical (unpaired) electrons. The van der Waals surface area contributed by atoms with Gasteiger partial charge in [0.2, 0.25) is 0 Å². The Hall–Kier alpha value is -0.540. The molecule has 16 heavy (non-hydrogen) atoms. The second-order valence-electron chi connectivity index (χ2n) is 2.57. The zero-order chi connectivity index (χ0) is 13.0. The van der Waals surface area contributed by atoms with Crippen LogP contribution in [0.3, 0.4) is 0 Å². The van der Waals surface area contributed by atoms with Crippen molar-refractivity contribution in [3.63, 3.8) is 0 Å². The molecule has 0 saturated carbocycles. The lowest BCUT2D eigenvalue weighted by Gasteiger charge is -2.14. The topological polar surface area (TPSA) is 69.7 Å². The van der Waals surface area contributed by atoms with Crippen LogP contribution in [0.25, 0.3) is 0 Å². The number of hydrogen-bond acceptors (Lipinski definition) is 5. The first-order valence-corrected chi connectivity index (χ1v) is 5.73. The smallest absolute Gasteiger partial charge is 0.459 e. The number of esters is 1. The number of halogens is 4. The van der Waals surface area contributed by atoms with Crippen LogP contribution in [0.1, 0.15) is 6.92 Å². The van der Waals surface area contributed by atoms with E-state index in [1.54, 1.807) is 0 Å². The molecule has 0 saturated heterocycles. The largest absolute Gasteiger partial charge is 0.523 e. The van der Waals surface area contributed by atoms with Gasteiger partial charge in [-0.3, -0.25) is 8.98 Å². The van der Waals surface area contributed by atoms with E-state index in [9.17, 15) is 26.4 Å². The first kappa shape index (κ1) is 15.5. The predicted octanol–water partition coefficient (Wildman–Crippen LogP) is 1.02. The second kappa shape index (κ2) is 5.69. The Labute approximate surface area is 94.6 Å². The molecular formula is C6H8ClF3O5S. The van der Waals surface area contributed by atoms with Crippen molar-refractivity contribution in [1.29, 1.82) is 0 Å². The van der Waals surface area contributed by atoms with E-state index in [4.69, 9.17) is 11.6 Å². The fraction of sp³-hybridized carbons (Fsp3) is 0.833. The van der Waals surface area contributed by atoms with Gasteiger partial charge in [-0.15, -0.1) is 11.6 Å². The van der Waals surface area contributed by atoms with Crippen LogP contribution in [0, 0.1) is 0 Å². The summed E-state index contributed by atoms with van der Waals surface area (Å²) in [6, 6.07) is 0. The van der Waals surface area contributed by atoms with Crippen LogP contribution in [-0.4, -0.2) is 38.5 Å². The highest BCUT2D eigenvalue weighted by Crippen LogP contribution is 2.24. The van der Waals surface area contributed by atoms with E-state index in [-0.39, 0.29) is 5.88 Å². The Bertz CT molecular complexity index is 339. The molecule has 0 aromatic heterocycles. The maximum atomic E-state index is 11.8. The summed E-state index contributed by atoms with van der Waals surface area (Å²) < 4.78 is 64.3. The minimum absolute atomic E-state index is 0.382. The highest BCUT2D eigenvalue weighted by Gasteiger charge is 2.47. The molecule has 96 valence electrons. The molecule has 5 nitrogen and oxygen atoms in total. The van der Waals surface area contributed by atoms with Crippen LogP contribution in [-0.2, 0) is 23.8 Å². The van der Waals surface area contributed by atoms with Gasteiger partial charge in [0.25, 0.3) is 0 Å². The van der Waals surface area contributed by atoms with Crippen LogP contribution >= 0.6 is 11.6 Å². The summed E-state index contributed by atoms with van der Waals surface area (Å²) in [6.45, 7) is 0.0166. The molecule has 0 aromatic rings. The van der Waals surface area contributed by atoms with E-state index in [0.29, 0.717) is 0 Å². The van der Waals surface area contributed by atoms with E-state index >= 15 is 0 Å². The Morgan fingerprint density at radius 3 is 2.25 bits per heavy atom. The van der Waals surface area contributed by atoms with Crippen molar-refractivity contribution in [3.05, 3.63) is 0 Å². The third kappa shape index (κ3) is 4.99. The van der Waals surface area contributed by atoms with Crippen molar-refractivity contribution in [2.75, 3.05) is 12.5 Å². The van der Waals surface area contributed by atoms with Crippen LogP contribution in [0.2, 0.25) is 0 Å². The van der Waals surface area contributed by atoms with E-state index in [1.165, 1.54) is 0 Å². The van der Waals surface area contributed by atoms with Gasteiger partial charge in [-0.1, -0.05) is 0 Å². The van der Waals surface area contributed by atoms with Crippen molar-refractivity contribution in [2.45, 2.75) is 18.5 Å². The van der Waals surface area contributed by atoms with E-state index in [2.05, 4.69) is 8.92 Å². The lowest BCUT2D eigenvalue weighted by Crippen LogP contribution is -2.31. The summed E-state index contributed by atoms with van der Waals surface area (Å²) in [6.07, 6.45) is -1.25. The quantitative estimate of drug-likeness (QED) is 0.326. The van der Waals surface area contributed by atoms with Gasteiger partial charge in [-0.2, -0.15) is 21.6 Å². The molecular weight excluding hydrogens is 277 g/mol. The molecule has 1 unspecified atom stereocenters. The summed E-state index contributed by atoms with van der Waals surface area (Å²) in [4.78, 5) is 10.4. The zero-order valence-electron chi connectivity index (χ0n) is 7.95. The summed E-state index contributed by atoms with van der Waals surface area (Å²) in [5.74, 6) is -1.19. The zero-order valence-corrected chi connectivity index (χ0v) is 9.53. The second-order valence-corrected chi connectivity index (χ2v) is 4.49. The average molecular weight is 285 g/mol. The molecule has 0 N–H and O–H groups in total. The van der Waals surface area contributed by atoms with Crippen LogP contribution in [0.15, 0.2) is 0 Å². The number of ether oxygens (including phenoxy) is 1. The maximum Gasteiger partial charge on any atom is 0.523 e. The summed E-state index contributed by atoms with van der Waals surface area (Å²) >= 11 is 5.22. The summed E-state index contributed by atoms with van der Waals surface area (Å²) in [7, 11) is -5.69. The van der Waals surface area contributed by atoms with E-state index < -0.39 is 34.3 Å². The van der Waals surface area contributed by atoms with Crippen molar-refractivity contribution >= 4 is 27.7 Å². The van der Waals surface area contributed by atoms with Crippen LogP contribution in [0.5, 0.6) is 0 Å². The Kier molecular flexibility index (Phi) is 5.50.